The van der Waals surface area contributed by atoms with E-state index in [1.807, 2.05) is 22.6 Å². The highest BCUT2D eigenvalue weighted by Crippen LogP contribution is 2.50. The van der Waals surface area contributed by atoms with Gasteiger partial charge in [-0.05, 0) is 169 Å². The van der Waals surface area contributed by atoms with Gasteiger partial charge in [0.15, 0.2) is 41.8 Å². The van der Waals surface area contributed by atoms with E-state index in [9.17, 15) is 78.3 Å². The Bertz CT molecular complexity index is 5410. The average molecular weight is 2160 g/mol. The number of nitrogens with one attached hydrogen (secondary N) is 8. The Hall–Kier alpha value is -9.95. The number of hydroxylamine groups is 1. The average Bonchev–Trinajstić information content (AvgIpc) is 0.749. The lowest BCUT2D eigenvalue weighted by Gasteiger charge is -2.47. The summed E-state index contributed by atoms with van der Waals surface area (Å²) < 4.78 is 90.8. The van der Waals surface area contributed by atoms with Gasteiger partial charge in [-0.1, -0.05) is 89.1 Å². The van der Waals surface area contributed by atoms with E-state index in [2.05, 4.69) is 66.4 Å². The van der Waals surface area contributed by atoms with E-state index in [0.717, 1.165) is 18.9 Å². The van der Waals surface area contributed by atoms with Gasteiger partial charge in [0.1, 0.15) is 73.5 Å². The molecule has 17 N–H and O–H groups in total. The number of benzene rings is 3. The minimum atomic E-state index is -2.30. The van der Waals surface area contributed by atoms with Crippen LogP contribution in [-0.4, -0.2) is 302 Å². The van der Waals surface area contributed by atoms with Crippen LogP contribution in [0.1, 0.15) is 134 Å². The summed E-state index contributed by atoms with van der Waals surface area (Å²) >= 11 is 2.73. The molecule has 4 aromatic rings. The fourth-order valence-corrected chi connectivity index (χ4v) is 20.4. The smallest absolute Gasteiger partial charge is 0.411 e. The van der Waals surface area contributed by atoms with E-state index < -0.39 is 216 Å². The standard InChI is InChI=1S/C95H126IN11O32S3/c1-16-107(94(122)131-44-54-27-29-55(30-28-54)101-85(115)60(25-23-36-99-91(98)119)103-87(117)73(46(2)3)104-86(116)59(100-53(10)108)24-20-22-35-97)61-45-129-68(41-66(61)124-11)137-82-77(113)74(106-139-69-40-62(109)84(52(9)132-69)141-88(118)70-49(6)72(96)80(83(127-14)79(70)125-12)138-89-78(114)81(126-13)76(112)51(8)134-89)50(7)133-90(82)136-64-26-19-17-18-21-34-95(123)42-63(110)75(105-92(120)128-15)71(64)58(95)33-37-140-142-48(5)43-130-93(121)102-56-31-32-57-47(4)38-67(111)135-65(57)39-56/h17-18,27-33,38-39,46,48,50-52,59-62,64,66,68-69,73-74,76-78,81-82,84,89-90,106,109,112-114,123H,16,20,22-25,35-37,40-45,97H2,1-15H3,(H,100,108)(H,101,115)(H,102,121)(H,103,117)(H,104,116)(H,105,120)(H3,98,99,119)/b18-17?,58-33+/t48-,50-,51+,52-,59+,60+,61+,62+,64+,66+,68+,69+,73+,74-,76+,77+,78-,81-,82-,84-,89+,90+,95+/m1/s1. The van der Waals surface area contributed by atoms with Gasteiger partial charge in [-0.25, -0.2) is 24.0 Å². The van der Waals surface area contributed by atoms with Crippen molar-refractivity contribution in [3.05, 3.63) is 120 Å². The third kappa shape index (κ3) is 29.9. The molecule has 0 saturated carbocycles. The van der Waals surface area contributed by atoms with Gasteiger partial charge in [0.25, 0.3) is 0 Å². The molecule has 10 rings (SSSR count). The van der Waals surface area contributed by atoms with Crippen LogP contribution in [0, 0.1) is 47.0 Å². The second-order valence-corrected chi connectivity index (χ2v) is 39.7. The van der Waals surface area contributed by atoms with Crippen LogP contribution in [0.4, 0.5) is 30.6 Å². The van der Waals surface area contributed by atoms with Gasteiger partial charge in [0, 0.05) is 98.1 Å². The van der Waals surface area contributed by atoms with E-state index in [1.165, 1.54) is 86.1 Å². The van der Waals surface area contributed by atoms with Crippen LogP contribution in [0.15, 0.2) is 92.8 Å². The number of primary amides is 1. The topological polar surface area (TPSA) is 592 Å². The van der Waals surface area contributed by atoms with Crippen LogP contribution < -0.4 is 74.0 Å². The molecule has 6 aliphatic rings. The SMILES string of the molecule is CCN(C(=O)OCc1ccc(NC(=O)[C@H](CCCNC(N)=O)NC(=O)[C@@H](NC(=O)[C@H](CCCCN)NC(C)=O)C(C)C)cc1)[C@H]1CO[C@@H](O[C@H]2[C@H](O[C@H]3C#CC=CC#C[C@]4(O)CC(=O)C(NC(=O)OC)=C3/C4=C\CSS[C@H](C)COC(=O)Nc3ccc4c(C)cc(=O)oc4c3)O[C@H](C)[C@@H](NO[C@H]3C[C@H](O)[C@H](SC(=O)c4c(C)c(I)c(O[C@@H]5O[C@@H](C)[C@H](O)[C@@H](OC)[C@H]5O)c(OC)c4OC)[C@@H](C)O3)[C@@H]2O)C[C@@H]1OC. The first-order chi connectivity index (χ1) is 67.7. The zero-order valence-electron chi connectivity index (χ0n) is 81.2. The lowest BCUT2D eigenvalue weighted by Crippen LogP contribution is -2.65. The number of hydrogen-bond donors (Lipinski definition) is 15. The van der Waals surface area contributed by atoms with E-state index in [-0.39, 0.29) is 121 Å². The minimum Gasteiger partial charge on any atom is -0.492 e. The molecule has 3 aromatic carbocycles. The number of ether oxygens (including phenoxy) is 14. The highest BCUT2D eigenvalue weighted by atomic mass is 127. The van der Waals surface area contributed by atoms with Crippen molar-refractivity contribution in [2.45, 2.75) is 266 Å². The quantitative estimate of drug-likeness (QED) is 0.00483. The number of ketones is 1. The first kappa shape index (κ1) is 114. The van der Waals surface area contributed by atoms with Crippen LogP contribution in [0.3, 0.4) is 0 Å². The van der Waals surface area contributed by atoms with Gasteiger partial charge in [-0.3, -0.25) is 44.2 Å². The highest BCUT2D eigenvalue weighted by Gasteiger charge is 2.53. The van der Waals surface area contributed by atoms with Gasteiger partial charge < -0.3 is 139 Å². The number of carbonyl (C=O) groups is 10. The van der Waals surface area contributed by atoms with Crippen LogP contribution in [0.2, 0.25) is 0 Å². The first-order valence-corrected chi connectivity index (χ1v) is 50.4. The van der Waals surface area contributed by atoms with Crippen LogP contribution in [0.5, 0.6) is 17.2 Å². The fraction of sp³-hybridized carbons (Fsp3) is 0.568. The zero-order valence-corrected chi connectivity index (χ0v) is 85.8. The predicted octanol–water partition coefficient (Wildman–Crippen LogP) is 5.67. The molecule has 0 spiro atoms. The molecular formula is C95H126IN11O32S3. The Kier molecular flexibility index (Phi) is 43.2. The summed E-state index contributed by atoms with van der Waals surface area (Å²) in [7, 11) is 9.00. The summed E-state index contributed by atoms with van der Waals surface area (Å²) in [6.07, 6.45) is -17.8. The number of halogens is 1. The number of nitrogens with two attached hydrogens (primary N) is 2. The maximum atomic E-state index is 14.8. The normalized spacial score (nSPS) is 26.4. The zero-order chi connectivity index (χ0) is 104. The third-order valence-corrected chi connectivity index (χ3v) is 29.5. The fourth-order valence-electron chi connectivity index (χ4n) is 16.7. The van der Waals surface area contributed by atoms with Gasteiger partial charge >= 0.3 is 29.9 Å². The molecule has 142 heavy (non-hydrogen) atoms. The number of allylic oxidation sites excluding steroid dienone is 3. The molecule has 2 aliphatic carbocycles. The Morgan fingerprint density at radius 3 is 2.11 bits per heavy atom. The number of anilines is 2. The molecule has 1 aromatic heterocycles. The monoisotopic (exact) mass is 2160 g/mol. The number of alkyl carbamates (subject to hydrolysis) is 1. The highest BCUT2D eigenvalue weighted by molar-refractivity contribution is 14.1. The summed E-state index contributed by atoms with van der Waals surface area (Å²) in [5, 5.41) is 77.2. The number of methoxy groups -OCH3 is 5. The van der Waals surface area contributed by atoms with E-state index >= 15 is 0 Å². The number of aliphatic hydroxyl groups excluding tert-OH is 4. The summed E-state index contributed by atoms with van der Waals surface area (Å²) in [6, 6.07) is 6.20. The Morgan fingerprint density at radius 1 is 0.739 bits per heavy atom. The lowest BCUT2D eigenvalue weighted by atomic mass is 9.75. The number of unbranched alkanes of at least 4 members (excludes halogenated alkanes) is 1. The van der Waals surface area contributed by atoms with Crippen molar-refractivity contribution in [2.75, 3.05) is 84.8 Å². The lowest BCUT2D eigenvalue weighted by molar-refractivity contribution is -0.337. The Morgan fingerprint density at radius 2 is 1.44 bits per heavy atom. The van der Waals surface area contributed by atoms with Crippen molar-refractivity contribution in [3.63, 3.8) is 0 Å². The molecule has 4 saturated heterocycles. The molecule has 778 valence electrons. The number of urea groups is 1. The summed E-state index contributed by atoms with van der Waals surface area (Å²) in [4.78, 5) is 156. The van der Waals surface area contributed by atoms with Crippen LogP contribution in [-0.2, 0) is 87.5 Å². The minimum absolute atomic E-state index is 0.0147. The maximum Gasteiger partial charge on any atom is 0.411 e. The van der Waals surface area contributed by atoms with Crippen molar-refractivity contribution in [1.82, 2.24) is 37.0 Å². The third-order valence-electron chi connectivity index (χ3n) is 24.1. The molecule has 0 radical (unpaired) electrons. The van der Waals surface area contributed by atoms with Crippen molar-refractivity contribution < 1.29 is 149 Å². The number of nitrogens with zero attached hydrogens (tertiary/aromatic N) is 1. The second-order valence-electron chi connectivity index (χ2n) is 34.6. The maximum absolute atomic E-state index is 14.8. The number of hydrogen-bond acceptors (Lipinski definition) is 37. The number of fused-ring (bicyclic) bond motifs is 3. The predicted molar refractivity (Wildman–Crippen MR) is 528 cm³/mol. The summed E-state index contributed by atoms with van der Waals surface area (Å²) in [5.74, 6) is 7.75. The Balaban J connectivity index is 0.867. The van der Waals surface area contributed by atoms with Crippen molar-refractivity contribution in [3.8, 4) is 40.9 Å². The number of likely N-dealkylation sites (N-methyl/N-ethyl adjacent to an activating group) is 1. The number of aliphatic hydroxyl groups is 5. The molecule has 0 unspecified atom stereocenters. The van der Waals surface area contributed by atoms with Crippen LogP contribution >= 0.6 is 55.9 Å². The molecule has 9 amide bonds. The van der Waals surface area contributed by atoms with E-state index in [1.54, 1.807) is 105 Å². The first-order valence-electron chi connectivity index (χ1n) is 46.0. The van der Waals surface area contributed by atoms with Crippen molar-refractivity contribution >= 4 is 137 Å². The van der Waals surface area contributed by atoms with Gasteiger partial charge in [0.05, 0.1) is 97.0 Å². The molecular weight excluding hydrogens is 2030 g/mol. The molecule has 5 heterocycles. The van der Waals surface area contributed by atoms with E-state index in [4.69, 9.17) is 87.0 Å². The molecule has 4 aliphatic heterocycles. The van der Waals surface area contributed by atoms with Crippen molar-refractivity contribution in [2.24, 2.45) is 17.4 Å². The van der Waals surface area contributed by atoms with Crippen molar-refractivity contribution in [1.29, 1.82) is 0 Å². The Labute approximate surface area is 846 Å². The van der Waals surface area contributed by atoms with Gasteiger partial charge in [0.2, 0.25) is 40.8 Å². The number of carbonyl (C=O) groups excluding carboxylic acids is 10. The number of amides is 9. The van der Waals surface area contributed by atoms with E-state index in [0.29, 0.717) is 50.7 Å². The molecule has 4 fully saturated rings. The molecule has 2 bridgehead atoms. The number of thioether (sulfide) groups is 1. The van der Waals surface area contributed by atoms with Crippen LogP contribution in [0.25, 0.3) is 11.0 Å². The molecule has 23 atom stereocenters. The number of rotatable bonds is 43. The molecule has 43 nitrogen and oxygen atoms in total. The van der Waals surface area contributed by atoms with Gasteiger partial charge in [-0.2, -0.15) is 5.48 Å². The molecule has 47 heteroatoms. The second kappa shape index (κ2) is 53.8. The largest absolute Gasteiger partial charge is 0.492 e. The number of aryl methyl sites for hydroxylation is 1. The number of Topliss-reactive ketones (excluding diaryl/α,β-unsaturated/α-hetero) is 1. The summed E-state index contributed by atoms with van der Waals surface area (Å²) in [5.41, 5.74) is 12.8. The summed E-state index contributed by atoms with van der Waals surface area (Å²) in [6.45, 7) is 16.2. The van der Waals surface area contributed by atoms with Gasteiger partial charge in [-0.15, -0.1) is 0 Å².